The fourth-order valence-electron chi connectivity index (χ4n) is 2.57. The van der Waals surface area contributed by atoms with E-state index in [1.54, 1.807) is 18.9 Å². The van der Waals surface area contributed by atoms with E-state index in [2.05, 4.69) is 4.98 Å². The molecule has 0 radical (unpaired) electrons. The molecule has 1 aromatic heterocycles. The normalized spacial score (nSPS) is 20.8. The minimum Gasteiger partial charge on any atom is -0.461 e. The SMILES string of the molecule is CCOC(=O)c1nc2ccccc2cc1N1CC(OC)C1O. The zero-order valence-corrected chi connectivity index (χ0v) is 12.5. The second kappa shape index (κ2) is 5.90. The zero-order chi connectivity index (χ0) is 15.7. The number of aliphatic hydroxyl groups excluding tert-OH is 1. The molecule has 6 nitrogen and oxygen atoms in total. The topological polar surface area (TPSA) is 71.9 Å². The van der Waals surface area contributed by atoms with E-state index in [0.29, 0.717) is 17.7 Å². The Hall–Kier alpha value is -2.18. The Morgan fingerprint density at radius 2 is 2.23 bits per heavy atom. The third-order valence-corrected chi connectivity index (χ3v) is 3.81. The van der Waals surface area contributed by atoms with Crippen molar-refractivity contribution in [1.82, 2.24) is 4.98 Å². The van der Waals surface area contributed by atoms with Crippen LogP contribution in [0.1, 0.15) is 17.4 Å². The average molecular weight is 302 g/mol. The lowest BCUT2D eigenvalue weighted by atomic mass is 10.1. The monoisotopic (exact) mass is 302 g/mol. The Morgan fingerprint density at radius 3 is 2.91 bits per heavy atom. The minimum atomic E-state index is -0.791. The number of para-hydroxylation sites is 1. The van der Waals surface area contributed by atoms with E-state index in [1.165, 1.54) is 0 Å². The van der Waals surface area contributed by atoms with Gasteiger partial charge in [0.2, 0.25) is 0 Å². The van der Waals surface area contributed by atoms with Crippen LogP contribution in [0.2, 0.25) is 0 Å². The molecule has 1 saturated heterocycles. The molecule has 1 aliphatic heterocycles. The summed E-state index contributed by atoms with van der Waals surface area (Å²) in [6, 6.07) is 9.38. The minimum absolute atomic E-state index is 0.217. The van der Waals surface area contributed by atoms with E-state index in [9.17, 15) is 9.90 Å². The van der Waals surface area contributed by atoms with Crippen molar-refractivity contribution >= 4 is 22.6 Å². The van der Waals surface area contributed by atoms with E-state index < -0.39 is 12.2 Å². The van der Waals surface area contributed by atoms with E-state index in [4.69, 9.17) is 9.47 Å². The molecule has 0 saturated carbocycles. The number of ether oxygens (including phenoxy) is 2. The highest BCUT2D eigenvalue weighted by Crippen LogP contribution is 2.32. The molecule has 1 fully saturated rings. The fourth-order valence-corrected chi connectivity index (χ4v) is 2.57. The molecule has 1 aromatic carbocycles. The van der Waals surface area contributed by atoms with Gasteiger partial charge in [-0.2, -0.15) is 0 Å². The highest BCUT2D eigenvalue weighted by Gasteiger charge is 2.40. The number of hydrogen-bond acceptors (Lipinski definition) is 6. The summed E-state index contributed by atoms with van der Waals surface area (Å²) in [5, 5.41) is 11.1. The van der Waals surface area contributed by atoms with Crippen LogP contribution in [0.25, 0.3) is 10.9 Å². The number of esters is 1. The molecule has 22 heavy (non-hydrogen) atoms. The van der Waals surface area contributed by atoms with Gasteiger partial charge in [-0.1, -0.05) is 18.2 Å². The summed E-state index contributed by atoms with van der Waals surface area (Å²) < 4.78 is 10.2. The number of fused-ring (bicyclic) bond motifs is 1. The maximum Gasteiger partial charge on any atom is 0.359 e. The summed E-state index contributed by atoms with van der Waals surface area (Å²) >= 11 is 0. The first-order valence-electron chi connectivity index (χ1n) is 7.20. The van der Waals surface area contributed by atoms with Crippen molar-refractivity contribution in [3.63, 3.8) is 0 Å². The molecular weight excluding hydrogens is 284 g/mol. The van der Waals surface area contributed by atoms with Crippen molar-refractivity contribution in [2.24, 2.45) is 0 Å². The highest BCUT2D eigenvalue weighted by molar-refractivity contribution is 5.98. The molecule has 2 aromatic rings. The Labute approximate surface area is 128 Å². The lowest BCUT2D eigenvalue weighted by molar-refractivity contribution is -0.0573. The molecule has 3 rings (SSSR count). The molecule has 2 heterocycles. The maximum atomic E-state index is 12.2. The molecular formula is C16H18N2O4. The third-order valence-electron chi connectivity index (χ3n) is 3.81. The Morgan fingerprint density at radius 1 is 1.45 bits per heavy atom. The van der Waals surface area contributed by atoms with Crippen LogP contribution < -0.4 is 4.90 Å². The summed E-state index contributed by atoms with van der Waals surface area (Å²) in [6.45, 7) is 2.53. The van der Waals surface area contributed by atoms with Crippen molar-refractivity contribution < 1.29 is 19.4 Å². The Bertz CT molecular complexity index is 704. The number of aromatic nitrogens is 1. The lowest BCUT2D eigenvalue weighted by Crippen LogP contribution is -2.61. The van der Waals surface area contributed by atoms with Gasteiger partial charge in [0.1, 0.15) is 6.10 Å². The van der Waals surface area contributed by atoms with Crippen LogP contribution in [0, 0.1) is 0 Å². The van der Waals surface area contributed by atoms with Crippen LogP contribution in [0.5, 0.6) is 0 Å². The second-order valence-electron chi connectivity index (χ2n) is 5.11. The van der Waals surface area contributed by atoms with Crippen LogP contribution in [0.3, 0.4) is 0 Å². The van der Waals surface area contributed by atoms with Crippen LogP contribution >= 0.6 is 0 Å². The number of nitrogens with zero attached hydrogens (tertiary/aromatic N) is 2. The predicted molar refractivity (Wildman–Crippen MR) is 81.8 cm³/mol. The summed E-state index contributed by atoms with van der Waals surface area (Å²) in [5.41, 5.74) is 1.50. The molecule has 0 bridgehead atoms. The number of carbonyl (C=O) groups excluding carboxylic acids is 1. The summed E-state index contributed by atoms with van der Waals surface area (Å²) in [4.78, 5) is 18.3. The van der Waals surface area contributed by atoms with Crippen molar-refractivity contribution in [3.05, 3.63) is 36.0 Å². The highest BCUT2D eigenvalue weighted by atomic mass is 16.5. The molecule has 0 aliphatic carbocycles. The summed E-state index contributed by atoms with van der Waals surface area (Å²) in [5.74, 6) is -0.490. The van der Waals surface area contributed by atoms with Gasteiger partial charge in [-0.15, -0.1) is 0 Å². The number of benzene rings is 1. The first-order valence-corrected chi connectivity index (χ1v) is 7.20. The number of rotatable bonds is 4. The fraction of sp³-hybridized carbons (Fsp3) is 0.375. The van der Waals surface area contributed by atoms with Gasteiger partial charge in [0.15, 0.2) is 11.9 Å². The third kappa shape index (κ3) is 2.40. The van der Waals surface area contributed by atoms with Gasteiger partial charge in [0, 0.05) is 12.5 Å². The van der Waals surface area contributed by atoms with E-state index in [1.807, 2.05) is 30.3 Å². The van der Waals surface area contributed by atoms with Crippen molar-refractivity contribution in [2.75, 3.05) is 25.2 Å². The van der Waals surface area contributed by atoms with Crippen LogP contribution in [-0.2, 0) is 9.47 Å². The van der Waals surface area contributed by atoms with Crippen molar-refractivity contribution in [2.45, 2.75) is 19.3 Å². The zero-order valence-electron chi connectivity index (χ0n) is 12.5. The smallest absolute Gasteiger partial charge is 0.359 e. The summed E-state index contributed by atoms with van der Waals surface area (Å²) in [6.07, 6.45) is -1.05. The Kier molecular flexibility index (Phi) is 3.96. The van der Waals surface area contributed by atoms with Gasteiger partial charge in [-0.05, 0) is 19.1 Å². The van der Waals surface area contributed by atoms with Gasteiger partial charge in [0.25, 0.3) is 0 Å². The Balaban J connectivity index is 2.06. The maximum absolute atomic E-state index is 12.2. The number of carbonyl (C=O) groups is 1. The van der Waals surface area contributed by atoms with E-state index in [-0.39, 0.29) is 18.4 Å². The van der Waals surface area contributed by atoms with Gasteiger partial charge in [-0.3, -0.25) is 0 Å². The standard InChI is InChI=1S/C16H18N2O4/c1-3-22-16(20)14-12(18-9-13(21-2)15(18)19)8-10-6-4-5-7-11(10)17-14/h4-8,13,15,19H,3,9H2,1-2H3. The van der Waals surface area contributed by atoms with Crippen LogP contribution in [0.4, 0.5) is 5.69 Å². The van der Waals surface area contributed by atoms with E-state index in [0.717, 1.165) is 5.39 Å². The second-order valence-corrected chi connectivity index (χ2v) is 5.11. The van der Waals surface area contributed by atoms with Gasteiger partial charge in [-0.25, -0.2) is 9.78 Å². The predicted octanol–water partition coefficient (Wildman–Crippen LogP) is 1.56. The van der Waals surface area contributed by atoms with Gasteiger partial charge < -0.3 is 19.5 Å². The largest absolute Gasteiger partial charge is 0.461 e. The van der Waals surface area contributed by atoms with Crippen molar-refractivity contribution in [3.8, 4) is 0 Å². The molecule has 1 N–H and O–H groups in total. The quantitative estimate of drug-likeness (QED) is 0.864. The number of aliphatic hydroxyl groups is 1. The average Bonchev–Trinajstić information content (AvgIpc) is 2.53. The first-order chi connectivity index (χ1) is 10.7. The van der Waals surface area contributed by atoms with Gasteiger partial charge >= 0.3 is 5.97 Å². The number of hydrogen-bond donors (Lipinski definition) is 1. The number of anilines is 1. The van der Waals surface area contributed by atoms with Crippen LogP contribution in [-0.4, -0.2) is 48.7 Å². The van der Waals surface area contributed by atoms with Crippen molar-refractivity contribution in [1.29, 1.82) is 0 Å². The van der Waals surface area contributed by atoms with E-state index >= 15 is 0 Å². The first kappa shape index (κ1) is 14.7. The molecule has 0 spiro atoms. The molecule has 0 amide bonds. The van der Waals surface area contributed by atoms with Gasteiger partial charge in [0.05, 0.1) is 24.4 Å². The molecule has 1 aliphatic rings. The number of pyridine rings is 1. The number of methoxy groups -OCH3 is 1. The molecule has 116 valence electrons. The molecule has 2 atom stereocenters. The molecule has 6 heteroatoms. The lowest BCUT2D eigenvalue weighted by Gasteiger charge is -2.45. The molecule has 2 unspecified atom stereocenters. The van der Waals surface area contributed by atoms with Crippen LogP contribution in [0.15, 0.2) is 30.3 Å². The summed E-state index contributed by atoms with van der Waals surface area (Å²) in [7, 11) is 1.55.